The summed E-state index contributed by atoms with van der Waals surface area (Å²) in [5.41, 5.74) is 2.85. The summed E-state index contributed by atoms with van der Waals surface area (Å²) in [6, 6.07) is 12.5. The van der Waals surface area contributed by atoms with Crippen LogP contribution in [0.2, 0.25) is 0 Å². The molecule has 24 heavy (non-hydrogen) atoms. The number of carbonyl (C=O) groups excluding carboxylic acids is 1. The Morgan fingerprint density at radius 2 is 1.58 bits per heavy atom. The van der Waals surface area contributed by atoms with Crippen molar-refractivity contribution in [3.8, 4) is 0 Å². The third-order valence-corrected chi connectivity index (χ3v) is 7.41. The highest BCUT2D eigenvalue weighted by Gasteiger charge is 2.51. The third-order valence-electron chi connectivity index (χ3n) is 6.54. The van der Waals surface area contributed by atoms with Crippen LogP contribution in [0.1, 0.15) is 53.8 Å². The molecule has 1 N–H and O–H groups in total. The molecule has 1 amide bonds. The average Bonchev–Trinajstić information content (AvgIpc) is 3.09. The van der Waals surface area contributed by atoms with Crippen LogP contribution in [-0.2, 0) is 5.41 Å². The zero-order valence-electron chi connectivity index (χ0n) is 13.8. The summed E-state index contributed by atoms with van der Waals surface area (Å²) < 4.78 is 0. The van der Waals surface area contributed by atoms with Gasteiger partial charge in [0.1, 0.15) is 0 Å². The van der Waals surface area contributed by atoms with Crippen LogP contribution in [0.5, 0.6) is 0 Å². The first-order valence-electron chi connectivity index (χ1n) is 9.16. The lowest BCUT2D eigenvalue weighted by Crippen LogP contribution is -2.48. The van der Waals surface area contributed by atoms with Gasteiger partial charge in [0.2, 0.25) is 0 Å². The Morgan fingerprint density at radius 1 is 0.958 bits per heavy atom. The van der Waals surface area contributed by atoms with E-state index < -0.39 is 0 Å². The summed E-state index contributed by atoms with van der Waals surface area (Å²) in [5, 5.41) is 4.95. The van der Waals surface area contributed by atoms with Crippen LogP contribution in [-0.4, -0.2) is 5.91 Å². The summed E-state index contributed by atoms with van der Waals surface area (Å²) in [6.45, 7) is 0. The first kappa shape index (κ1) is 14.7. The molecule has 4 bridgehead atoms. The Balaban J connectivity index is 1.36. The van der Waals surface area contributed by atoms with E-state index in [0.29, 0.717) is 5.41 Å². The van der Waals surface area contributed by atoms with Crippen molar-refractivity contribution >= 4 is 22.9 Å². The molecular formula is C21H23NOS. The fraction of sp³-hybridized carbons (Fsp3) is 0.476. The predicted molar refractivity (Wildman–Crippen MR) is 98.6 cm³/mol. The van der Waals surface area contributed by atoms with Gasteiger partial charge in [-0.1, -0.05) is 18.2 Å². The zero-order chi connectivity index (χ0) is 16.1. The van der Waals surface area contributed by atoms with Crippen LogP contribution in [0, 0.1) is 17.8 Å². The minimum Gasteiger partial charge on any atom is -0.321 e. The van der Waals surface area contributed by atoms with Gasteiger partial charge in [0.25, 0.3) is 5.91 Å². The monoisotopic (exact) mass is 337 g/mol. The molecule has 0 unspecified atom stereocenters. The molecule has 4 aliphatic carbocycles. The van der Waals surface area contributed by atoms with Gasteiger partial charge in [-0.3, -0.25) is 4.79 Å². The molecule has 4 fully saturated rings. The summed E-state index contributed by atoms with van der Waals surface area (Å²) in [4.78, 5) is 12.9. The minimum absolute atomic E-state index is 0.00689. The van der Waals surface area contributed by atoms with Crippen molar-refractivity contribution in [1.29, 1.82) is 0 Å². The van der Waals surface area contributed by atoms with Gasteiger partial charge in [0.15, 0.2) is 0 Å². The molecule has 0 spiro atoms. The largest absolute Gasteiger partial charge is 0.321 e. The molecule has 124 valence electrons. The first-order chi connectivity index (χ1) is 11.7. The second-order valence-corrected chi connectivity index (χ2v) is 9.15. The van der Waals surface area contributed by atoms with Gasteiger partial charge >= 0.3 is 0 Å². The number of anilines is 1. The van der Waals surface area contributed by atoms with Crippen molar-refractivity contribution in [2.75, 3.05) is 5.32 Å². The maximum Gasteiger partial charge on any atom is 0.265 e. The summed E-state index contributed by atoms with van der Waals surface area (Å²) in [7, 11) is 0. The lowest BCUT2D eigenvalue weighted by Gasteiger charge is -2.57. The van der Waals surface area contributed by atoms with Crippen molar-refractivity contribution in [2.45, 2.75) is 43.9 Å². The smallest absolute Gasteiger partial charge is 0.265 e. The van der Waals surface area contributed by atoms with Gasteiger partial charge in [0.05, 0.1) is 4.88 Å². The van der Waals surface area contributed by atoms with Crippen LogP contribution in [0.3, 0.4) is 0 Å². The highest BCUT2D eigenvalue weighted by Crippen LogP contribution is 2.60. The molecule has 0 radical (unpaired) electrons. The van der Waals surface area contributed by atoms with Crippen molar-refractivity contribution < 1.29 is 4.79 Å². The molecule has 2 nitrogen and oxygen atoms in total. The molecule has 6 rings (SSSR count). The van der Waals surface area contributed by atoms with E-state index in [1.165, 1.54) is 55.4 Å². The second kappa shape index (κ2) is 5.45. The molecule has 1 aromatic heterocycles. The maximum atomic E-state index is 12.2. The lowest BCUT2D eigenvalue weighted by atomic mass is 9.48. The Labute approximate surface area is 147 Å². The van der Waals surface area contributed by atoms with E-state index in [1.807, 2.05) is 17.5 Å². The SMILES string of the molecule is O=C(Nc1ccc(C23CC4CC(CC(C4)C2)C3)cc1)c1cccs1. The first-order valence-corrected chi connectivity index (χ1v) is 10.0. The lowest BCUT2D eigenvalue weighted by molar-refractivity contribution is -0.00518. The Morgan fingerprint density at radius 3 is 2.12 bits per heavy atom. The van der Waals surface area contributed by atoms with Crippen LogP contribution < -0.4 is 5.32 Å². The molecule has 0 saturated heterocycles. The van der Waals surface area contributed by atoms with E-state index >= 15 is 0 Å². The van der Waals surface area contributed by atoms with Gasteiger partial charge in [-0.25, -0.2) is 0 Å². The van der Waals surface area contributed by atoms with E-state index in [1.54, 1.807) is 0 Å². The second-order valence-electron chi connectivity index (χ2n) is 8.21. The predicted octanol–water partition coefficient (Wildman–Crippen LogP) is 5.47. The van der Waals surface area contributed by atoms with E-state index in [9.17, 15) is 4.79 Å². The Bertz CT molecular complexity index is 711. The molecular weight excluding hydrogens is 314 g/mol. The minimum atomic E-state index is -0.00689. The number of nitrogens with one attached hydrogen (secondary N) is 1. The number of hydrogen-bond donors (Lipinski definition) is 1. The fourth-order valence-electron chi connectivity index (χ4n) is 5.97. The van der Waals surface area contributed by atoms with Crippen LogP contribution in [0.25, 0.3) is 0 Å². The van der Waals surface area contributed by atoms with E-state index in [2.05, 4.69) is 29.6 Å². The molecule has 1 heterocycles. The van der Waals surface area contributed by atoms with E-state index in [0.717, 1.165) is 28.3 Å². The van der Waals surface area contributed by atoms with Gasteiger partial charge < -0.3 is 5.32 Å². The number of benzene rings is 1. The maximum absolute atomic E-state index is 12.2. The van der Waals surface area contributed by atoms with Crippen molar-refractivity contribution in [1.82, 2.24) is 0 Å². The third kappa shape index (κ3) is 2.41. The molecule has 0 atom stereocenters. The summed E-state index contributed by atoms with van der Waals surface area (Å²) >= 11 is 1.48. The highest BCUT2D eigenvalue weighted by molar-refractivity contribution is 7.12. The fourth-order valence-corrected chi connectivity index (χ4v) is 6.59. The van der Waals surface area contributed by atoms with Crippen LogP contribution in [0.4, 0.5) is 5.69 Å². The normalized spacial score (nSPS) is 33.6. The molecule has 0 aliphatic heterocycles. The summed E-state index contributed by atoms with van der Waals surface area (Å²) in [6.07, 6.45) is 8.61. The highest BCUT2D eigenvalue weighted by atomic mass is 32.1. The van der Waals surface area contributed by atoms with Crippen molar-refractivity contribution in [3.63, 3.8) is 0 Å². The molecule has 4 aliphatic rings. The zero-order valence-corrected chi connectivity index (χ0v) is 14.6. The number of rotatable bonds is 3. The van der Waals surface area contributed by atoms with Crippen LogP contribution >= 0.6 is 11.3 Å². The molecule has 2 aromatic rings. The molecule has 3 heteroatoms. The van der Waals surface area contributed by atoms with Gasteiger partial charge in [-0.05, 0) is 90.8 Å². The average molecular weight is 337 g/mol. The number of carbonyl (C=O) groups is 1. The van der Waals surface area contributed by atoms with Crippen molar-refractivity contribution in [3.05, 3.63) is 52.2 Å². The van der Waals surface area contributed by atoms with E-state index in [-0.39, 0.29) is 5.91 Å². The van der Waals surface area contributed by atoms with Gasteiger partial charge in [0, 0.05) is 5.69 Å². The molecule has 4 saturated carbocycles. The quantitative estimate of drug-likeness (QED) is 0.791. The van der Waals surface area contributed by atoms with Crippen molar-refractivity contribution in [2.24, 2.45) is 17.8 Å². The number of thiophene rings is 1. The topological polar surface area (TPSA) is 29.1 Å². The van der Waals surface area contributed by atoms with E-state index in [4.69, 9.17) is 0 Å². The number of hydrogen-bond acceptors (Lipinski definition) is 2. The summed E-state index contributed by atoms with van der Waals surface area (Å²) in [5.74, 6) is 2.89. The van der Waals surface area contributed by atoms with Gasteiger partial charge in [-0.2, -0.15) is 0 Å². The Hall–Kier alpha value is -1.61. The van der Waals surface area contributed by atoms with Crippen LogP contribution in [0.15, 0.2) is 41.8 Å². The van der Waals surface area contributed by atoms with Gasteiger partial charge in [-0.15, -0.1) is 11.3 Å². The molecule has 1 aromatic carbocycles. The standard InChI is InChI=1S/C21H23NOS/c23-20(19-2-1-7-24-19)22-18-5-3-17(4-6-18)21-11-14-8-15(12-21)10-16(9-14)13-21/h1-7,14-16H,8-13H2,(H,22,23). The Kier molecular flexibility index (Phi) is 3.34. The number of amides is 1.